The highest BCUT2D eigenvalue weighted by Crippen LogP contribution is 2.31. The summed E-state index contributed by atoms with van der Waals surface area (Å²) in [6.07, 6.45) is -2.62. The lowest BCUT2D eigenvalue weighted by Gasteiger charge is -2.21. The van der Waals surface area contributed by atoms with Crippen molar-refractivity contribution in [2.24, 2.45) is 5.11 Å². The minimum Gasteiger partial charge on any atom is -0.456 e. The molecule has 0 aromatic rings. The number of aliphatic hydroxyl groups is 1. The maximum atomic E-state index is 11.4. The van der Waals surface area contributed by atoms with Gasteiger partial charge in [0.15, 0.2) is 17.9 Å². The van der Waals surface area contributed by atoms with Gasteiger partial charge in [-0.05, 0) is 19.4 Å². The Bertz CT molecular complexity index is 379. The van der Waals surface area contributed by atoms with E-state index in [2.05, 4.69) is 10.0 Å². The number of carbonyl (C=O) groups is 1. The van der Waals surface area contributed by atoms with Crippen LogP contribution in [0, 0.1) is 0 Å². The zero-order valence-corrected chi connectivity index (χ0v) is 9.44. The second-order valence-corrected chi connectivity index (χ2v) is 4.41. The average molecular weight is 243 g/mol. The fraction of sp³-hybridized carbons (Fsp3) is 0.889. The second-order valence-electron chi connectivity index (χ2n) is 4.41. The van der Waals surface area contributed by atoms with Crippen LogP contribution in [-0.2, 0) is 19.0 Å². The van der Waals surface area contributed by atoms with Crippen LogP contribution in [-0.4, -0.2) is 47.8 Å². The lowest BCUT2D eigenvalue weighted by atomic mass is 10.1. The molecule has 17 heavy (non-hydrogen) atoms. The molecule has 2 fully saturated rings. The Labute approximate surface area is 97.1 Å². The van der Waals surface area contributed by atoms with E-state index in [1.807, 2.05) is 0 Å². The molecule has 0 amide bonds. The van der Waals surface area contributed by atoms with Gasteiger partial charge in [0.25, 0.3) is 0 Å². The van der Waals surface area contributed by atoms with E-state index in [0.29, 0.717) is 0 Å². The number of ether oxygens (including phenoxy) is 3. The normalized spacial score (nSPS) is 39.8. The Morgan fingerprint density at radius 3 is 2.82 bits per heavy atom. The lowest BCUT2D eigenvalue weighted by Crippen LogP contribution is -2.40. The van der Waals surface area contributed by atoms with Gasteiger partial charge >= 0.3 is 5.97 Å². The van der Waals surface area contributed by atoms with Gasteiger partial charge in [-0.25, -0.2) is 0 Å². The molecule has 8 heteroatoms. The summed E-state index contributed by atoms with van der Waals surface area (Å²) in [5.41, 5.74) is 8.28. The van der Waals surface area contributed by atoms with E-state index >= 15 is 0 Å². The maximum absolute atomic E-state index is 11.4. The molecule has 0 bridgehead atoms. The lowest BCUT2D eigenvalue weighted by molar-refractivity contribution is -0.166. The fourth-order valence-electron chi connectivity index (χ4n) is 1.94. The highest BCUT2D eigenvalue weighted by molar-refractivity contribution is 5.79. The smallest absolute Gasteiger partial charge is 0.318 e. The molecule has 0 spiro atoms. The first-order chi connectivity index (χ1) is 7.94. The largest absolute Gasteiger partial charge is 0.456 e. The second kappa shape index (κ2) is 4.15. The predicted octanol–water partition coefficient (Wildman–Crippen LogP) is 0.103. The summed E-state index contributed by atoms with van der Waals surface area (Å²) in [7, 11) is 0. The molecule has 0 aliphatic carbocycles. The molecule has 2 saturated heterocycles. The fourth-order valence-corrected chi connectivity index (χ4v) is 1.94. The van der Waals surface area contributed by atoms with E-state index in [1.165, 1.54) is 0 Å². The molecular formula is C9H13N3O5. The molecule has 0 unspecified atom stereocenters. The summed E-state index contributed by atoms with van der Waals surface area (Å²) in [5.74, 6) is -1.51. The molecule has 94 valence electrons. The number of nitrogens with zero attached hydrogens (tertiary/aromatic N) is 3. The Kier molecular flexibility index (Phi) is 2.96. The molecule has 2 heterocycles. The number of cyclic esters (lactones) is 1. The number of azide groups is 1. The molecule has 2 aliphatic rings. The SMILES string of the molecule is CC1(C)OC[C@@H]([C@H]2OC(=O)[C@H](N=[N+]=[N-])[C@H]2O)O1. The Morgan fingerprint density at radius 1 is 1.59 bits per heavy atom. The van der Waals surface area contributed by atoms with Crippen LogP contribution >= 0.6 is 0 Å². The predicted molar refractivity (Wildman–Crippen MR) is 53.7 cm³/mol. The quantitative estimate of drug-likeness (QED) is 0.320. The van der Waals surface area contributed by atoms with Crippen molar-refractivity contribution in [3.8, 4) is 0 Å². The molecule has 0 aromatic heterocycles. The van der Waals surface area contributed by atoms with E-state index < -0.39 is 36.1 Å². The van der Waals surface area contributed by atoms with Crippen molar-refractivity contribution in [3.05, 3.63) is 10.4 Å². The number of aliphatic hydroxyl groups excluding tert-OH is 1. The van der Waals surface area contributed by atoms with Gasteiger partial charge in [-0.2, -0.15) is 0 Å². The van der Waals surface area contributed by atoms with Crippen molar-refractivity contribution in [2.45, 2.75) is 44.0 Å². The number of rotatable bonds is 2. The minimum absolute atomic E-state index is 0.213. The van der Waals surface area contributed by atoms with E-state index in [9.17, 15) is 9.90 Å². The van der Waals surface area contributed by atoms with Crippen molar-refractivity contribution < 1.29 is 24.1 Å². The van der Waals surface area contributed by atoms with Crippen molar-refractivity contribution >= 4 is 5.97 Å². The summed E-state index contributed by atoms with van der Waals surface area (Å²) in [5, 5.41) is 13.0. The molecule has 0 saturated carbocycles. The topological polar surface area (TPSA) is 114 Å². The molecule has 0 radical (unpaired) electrons. The zero-order valence-electron chi connectivity index (χ0n) is 9.44. The third kappa shape index (κ3) is 2.20. The monoisotopic (exact) mass is 243 g/mol. The summed E-state index contributed by atoms with van der Waals surface area (Å²) in [6, 6.07) is -1.21. The van der Waals surface area contributed by atoms with Gasteiger partial charge in [0, 0.05) is 4.91 Å². The molecule has 0 aromatic carbocycles. The summed E-state index contributed by atoms with van der Waals surface area (Å²) in [6.45, 7) is 3.66. The van der Waals surface area contributed by atoms with Crippen molar-refractivity contribution in [1.82, 2.24) is 0 Å². The highest BCUT2D eigenvalue weighted by Gasteiger charge is 2.51. The van der Waals surface area contributed by atoms with Gasteiger partial charge in [0.1, 0.15) is 12.2 Å². The molecular weight excluding hydrogens is 230 g/mol. The van der Waals surface area contributed by atoms with Gasteiger partial charge < -0.3 is 19.3 Å². The van der Waals surface area contributed by atoms with Crippen LogP contribution in [0.5, 0.6) is 0 Å². The summed E-state index contributed by atoms with van der Waals surface area (Å²) < 4.78 is 15.8. The maximum Gasteiger partial charge on any atom is 0.318 e. The number of esters is 1. The van der Waals surface area contributed by atoms with Crippen LogP contribution in [0.25, 0.3) is 10.4 Å². The van der Waals surface area contributed by atoms with E-state index in [-0.39, 0.29) is 6.61 Å². The standard InChI is InChI=1S/C9H13N3O5/c1-9(2)15-3-4(17-9)7-6(13)5(11-12-10)8(14)16-7/h4-7,13H,3H2,1-2H3/t4-,5+,6+,7+/m0/s1. The van der Waals surface area contributed by atoms with Gasteiger partial charge in [0.05, 0.1) is 6.61 Å². The van der Waals surface area contributed by atoms with Gasteiger partial charge in [-0.1, -0.05) is 5.11 Å². The Balaban J connectivity index is 2.09. The number of hydrogen-bond acceptors (Lipinski definition) is 6. The van der Waals surface area contributed by atoms with Crippen LogP contribution in [0.4, 0.5) is 0 Å². The first-order valence-corrected chi connectivity index (χ1v) is 5.19. The van der Waals surface area contributed by atoms with Crippen LogP contribution in [0.1, 0.15) is 13.8 Å². The molecule has 2 rings (SSSR count). The third-order valence-corrected chi connectivity index (χ3v) is 2.73. The van der Waals surface area contributed by atoms with Gasteiger partial charge in [-0.3, -0.25) is 4.79 Å². The van der Waals surface area contributed by atoms with Crippen molar-refractivity contribution in [1.29, 1.82) is 0 Å². The van der Waals surface area contributed by atoms with E-state index in [4.69, 9.17) is 19.7 Å². The third-order valence-electron chi connectivity index (χ3n) is 2.73. The number of carbonyl (C=O) groups excluding carboxylic acids is 1. The van der Waals surface area contributed by atoms with Crippen molar-refractivity contribution in [2.75, 3.05) is 6.61 Å². The zero-order chi connectivity index (χ0) is 12.6. The highest BCUT2D eigenvalue weighted by atomic mass is 16.8. The van der Waals surface area contributed by atoms with Crippen LogP contribution in [0.3, 0.4) is 0 Å². The van der Waals surface area contributed by atoms with E-state index in [0.717, 1.165) is 0 Å². The summed E-state index contributed by atoms with van der Waals surface area (Å²) in [4.78, 5) is 13.9. The Morgan fingerprint density at radius 2 is 2.29 bits per heavy atom. The first kappa shape index (κ1) is 12.1. The van der Waals surface area contributed by atoms with E-state index in [1.54, 1.807) is 13.8 Å². The average Bonchev–Trinajstić information content (AvgIpc) is 2.73. The van der Waals surface area contributed by atoms with Gasteiger partial charge in [-0.15, -0.1) is 0 Å². The Hall–Kier alpha value is -1.34. The van der Waals surface area contributed by atoms with Crippen LogP contribution in [0.2, 0.25) is 0 Å². The molecule has 4 atom stereocenters. The summed E-state index contributed by atoms with van der Waals surface area (Å²) >= 11 is 0. The van der Waals surface area contributed by atoms with Crippen LogP contribution < -0.4 is 0 Å². The minimum atomic E-state index is -1.21. The molecule has 8 nitrogen and oxygen atoms in total. The molecule has 1 N–H and O–H groups in total. The van der Waals surface area contributed by atoms with Gasteiger partial charge in [0.2, 0.25) is 0 Å². The number of hydrogen-bond donors (Lipinski definition) is 1. The molecule has 2 aliphatic heterocycles. The van der Waals surface area contributed by atoms with Crippen molar-refractivity contribution in [3.63, 3.8) is 0 Å². The van der Waals surface area contributed by atoms with Crippen LogP contribution in [0.15, 0.2) is 5.11 Å². The first-order valence-electron chi connectivity index (χ1n) is 5.19.